The number of amides is 1. The number of rotatable bonds is 4. The number of halogens is 1. The third kappa shape index (κ3) is 4.51. The third-order valence-electron chi connectivity index (χ3n) is 4.09. The van der Waals surface area contributed by atoms with E-state index in [2.05, 4.69) is 20.4 Å². The number of nitrogens with one attached hydrogen (secondary N) is 1. The molecule has 0 atom stereocenters. The highest BCUT2D eigenvalue weighted by molar-refractivity contribution is 6.30. The molecule has 0 saturated carbocycles. The molecular formula is C17H21ClN6O2. The van der Waals surface area contributed by atoms with Crippen molar-refractivity contribution in [3.8, 4) is 0 Å². The first-order valence-electron chi connectivity index (χ1n) is 8.32. The molecule has 1 N–H and O–H groups in total. The molecule has 138 valence electrons. The number of piperazine rings is 1. The number of carbonyl (C=O) groups is 1. The maximum atomic E-state index is 12.5. The van der Waals surface area contributed by atoms with Gasteiger partial charge < -0.3 is 19.6 Å². The Morgan fingerprint density at radius 2 is 2.12 bits per heavy atom. The van der Waals surface area contributed by atoms with Crippen molar-refractivity contribution < 1.29 is 9.32 Å². The van der Waals surface area contributed by atoms with Crippen LogP contribution in [0.15, 0.2) is 33.8 Å². The second kappa shape index (κ2) is 8.18. The van der Waals surface area contributed by atoms with E-state index in [4.69, 9.17) is 16.1 Å². The SMILES string of the molecule is CN=C(NCc1noc(C)n1)N1CCN(Cc2ccc(Cl)cc2)C(=O)C1. The summed E-state index contributed by atoms with van der Waals surface area (Å²) in [5.74, 6) is 1.77. The molecule has 2 heterocycles. The summed E-state index contributed by atoms with van der Waals surface area (Å²) in [5, 5.41) is 7.70. The van der Waals surface area contributed by atoms with Gasteiger partial charge in [-0.25, -0.2) is 0 Å². The predicted molar refractivity (Wildman–Crippen MR) is 97.7 cm³/mol. The van der Waals surface area contributed by atoms with E-state index in [1.807, 2.05) is 34.1 Å². The summed E-state index contributed by atoms with van der Waals surface area (Å²) in [4.78, 5) is 24.7. The van der Waals surface area contributed by atoms with E-state index >= 15 is 0 Å². The Balaban J connectivity index is 1.54. The van der Waals surface area contributed by atoms with Crippen molar-refractivity contribution in [3.63, 3.8) is 0 Å². The summed E-state index contributed by atoms with van der Waals surface area (Å²) >= 11 is 5.91. The lowest BCUT2D eigenvalue weighted by Gasteiger charge is -2.36. The van der Waals surface area contributed by atoms with Gasteiger partial charge in [-0.15, -0.1) is 0 Å². The van der Waals surface area contributed by atoms with Gasteiger partial charge in [0.15, 0.2) is 11.8 Å². The second-order valence-corrected chi connectivity index (χ2v) is 6.43. The normalized spacial score (nSPS) is 15.5. The maximum Gasteiger partial charge on any atom is 0.242 e. The molecule has 1 aromatic heterocycles. The lowest BCUT2D eigenvalue weighted by Crippen LogP contribution is -2.54. The van der Waals surface area contributed by atoms with Gasteiger partial charge in [-0.2, -0.15) is 4.98 Å². The first kappa shape index (κ1) is 18.2. The van der Waals surface area contributed by atoms with Crippen LogP contribution < -0.4 is 5.32 Å². The van der Waals surface area contributed by atoms with Crippen molar-refractivity contribution in [1.29, 1.82) is 0 Å². The van der Waals surface area contributed by atoms with Crippen LogP contribution in [0.4, 0.5) is 0 Å². The van der Waals surface area contributed by atoms with Crippen LogP contribution >= 0.6 is 11.6 Å². The van der Waals surface area contributed by atoms with Gasteiger partial charge in [-0.3, -0.25) is 9.79 Å². The number of hydrogen-bond donors (Lipinski definition) is 1. The summed E-state index contributed by atoms with van der Waals surface area (Å²) in [6, 6.07) is 7.55. The minimum atomic E-state index is 0.0598. The average molecular weight is 377 g/mol. The van der Waals surface area contributed by atoms with Crippen LogP contribution in [-0.4, -0.2) is 58.5 Å². The zero-order chi connectivity index (χ0) is 18.5. The maximum absolute atomic E-state index is 12.5. The number of carbonyl (C=O) groups excluding carboxylic acids is 1. The zero-order valence-corrected chi connectivity index (χ0v) is 15.5. The number of nitrogens with zero attached hydrogens (tertiary/aromatic N) is 5. The van der Waals surface area contributed by atoms with Gasteiger partial charge in [0.05, 0.1) is 13.1 Å². The quantitative estimate of drug-likeness (QED) is 0.642. The van der Waals surface area contributed by atoms with E-state index in [-0.39, 0.29) is 12.5 Å². The minimum Gasteiger partial charge on any atom is -0.349 e. The van der Waals surface area contributed by atoms with Crippen LogP contribution in [0.3, 0.4) is 0 Å². The van der Waals surface area contributed by atoms with Crippen molar-refractivity contribution in [2.24, 2.45) is 4.99 Å². The molecule has 1 amide bonds. The molecule has 2 aromatic rings. The van der Waals surface area contributed by atoms with E-state index < -0.39 is 0 Å². The highest BCUT2D eigenvalue weighted by Gasteiger charge is 2.26. The molecule has 9 heteroatoms. The van der Waals surface area contributed by atoms with Crippen molar-refractivity contribution in [2.45, 2.75) is 20.0 Å². The monoisotopic (exact) mass is 376 g/mol. The summed E-state index contributed by atoms with van der Waals surface area (Å²) in [5.41, 5.74) is 1.06. The molecule has 0 bridgehead atoms. The number of hydrogen-bond acceptors (Lipinski definition) is 5. The molecule has 1 saturated heterocycles. The first-order chi connectivity index (χ1) is 12.5. The Bertz CT molecular complexity index is 789. The van der Waals surface area contributed by atoms with Crippen LogP contribution in [0.1, 0.15) is 17.3 Å². The molecule has 1 fully saturated rings. The fourth-order valence-corrected chi connectivity index (χ4v) is 2.90. The topological polar surface area (TPSA) is 86.9 Å². The van der Waals surface area contributed by atoms with E-state index in [9.17, 15) is 4.79 Å². The molecule has 8 nitrogen and oxygen atoms in total. The van der Waals surface area contributed by atoms with Crippen LogP contribution in [0, 0.1) is 6.92 Å². The van der Waals surface area contributed by atoms with Gasteiger partial charge in [0.1, 0.15) is 0 Å². The van der Waals surface area contributed by atoms with Crippen LogP contribution in [0.25, 0.3) is 0 Å². The van der Waals surface area contributed by atoms with Crippen molar-refractivity contribution >= 4 is 23.5 Å². The van der Waals surface area contributed by atoms with Crippen LogP contribution in [-0.2, 0) is 17.9 Å². The summed E-state index contributed by atoms with van der Waals surface area (Å²) < 4.78 is 4.95. The van der Waals surface area contributed by atoms with E-state index in [1.54, 1.807) is 14.0 Å². The van der Waals surface area contributed by atoms with E-state index in [0.29, 0.717) is 48.9 Å². The van der Waals surface area contributed by atoms with Gasteiger partial charge in [-0.1, -0.05) is 28.9 Å². The Kier molecular flexibility index (Phi) is 5.72. The number of aryl methyl sites for hydroxylation is 1. The fourth-order valence-electron chi connectivity index (χ4n) is 2.77. The number of guanidine groups is 1. The Hall–Kier alpha value is -2.61. The van der Waals surface area contributed by atoms with Crippen molar-refractivity contribution in [3.05, 3.63) is 46.6 Å². The van der Waals surface area contributed by atoms with E-state index in [1.165, 1.54) is 0 Å². The van der Waals surface area contributed by atoms with Gasteiger partial charge >= 0.3 is 0 Å². The summed E-state index contributed by atoms with van der Waals surface area (Å²) in [7, 11) is 1.69. The lowest BCUT2D eigenvalue weighted by atomic mass is 10.2. The highest BCUT2D eigenvalue weighted by Crippen LogP contribution is 2.13. The summed E-state index contributed by atoms with van der Waals surface area (Å²) in [6.45, 7) is 4.32. The molecule has 26 heavy (non-hydrogen) atoms. The smallest absolute Gasteiger partial charge is 0.242 e. The lowest BCUT2D eigenvalue weighted by molar-refractivity contribution is -0.135. The summed E-state index contributed by atoms with van der Waals surface area (Å²) in [6.07, 6.45) is 0. The number of benzene rings is 1. The molecular weight excluding hydrogens is 356 g/mol. The van der Waals surface area contributed by atoms with Crippen molar-refractivity contribution in [2.75, 3.05) is 26.7 Å². The molecule has 0 spiro atoms. The zero-order valence-electron chi connectivity index (χ0n) is 14.8. The molecule has 0 radical (unpaired) electrons. The van der Waals surface area contributed by atoms with Gasteiger partial charge in [0.25, 0.3) is 0 Å². The Morgan fingerprint density at radius 3 is 2.73 bits per heavy atom. The largest absolute Gasteiger partial charge is 0.349 e. The van der Waals surface area contributed by atoms with E-state index in [0.717, 1.165) is 5.56 Å². The minimum absolute atomic E-state index is 0.0598. The highest BCUT2D eigenvalue weighted by atomic mass is 35.5. The van der Waals surface area contributed by atoms with Crippen molar-refractivity contribution in [1.82, 2.24) is 25.3 Å². The number of aliphatic imine (C=N–C) groups is 1. The van der Waals surface area contributed by atoms with Gasteiger partial charge in [-0.05, 0) is 17.7 Å². The van der Waals surface area contributed by atoms with Gasteiger partial charge in [0, 0.05) is 38.6 Å². The standard InChI is InChI=1S/C17H21ClN6O2/c1-12-21-15(22-26-12)9-20-17(19-2)24-8-7-23(16(25)11-24)10-13-3-5-14(18)6-4-13/h3-6H,7-11H2,1-2H3,(H,19,20). The first-order valence-corrected chi connectivity index (χ1v) is 8.70. The third-order valence-corrected chi connectivity index (χ3v) is 4.34. The second-order valence-electron chi connectivity index (χ2n) is 5.99. The van der Waals surface area contributed by atoms with Gasteiger partial charge in [0.2, 0.25) is 11.8 Å². The number of aromatic nitrogens is 2. The molecule has 1 aliphatic heterocycles. The molecule has 0 aliphatic carbocycles. The molecule has 3 rings (SSSR count). The molecule has 0 unspecified atom stereocenters. The van der Waals surface area contributed by atoms with Crippen LogP contribution in [0.5, 0.6) is 0 Å². The Morgan fingerprint density at radius 1 is 1.35 bits per heavy atom. The Labute approximate surface area is 156 Å². The molecule has 1 aromatic carbocycles. The molecule has 1 aliphatic rings. The fraction of sp³-hybridized carbons (Fsp3) is 0.412. The predicted octanol–water partition coefficient (Wildman–Crippen LogP) is 1.45. The average Bonchev–Trinajstić information content (AvgIpc) is 3.05. The van der Waals surface area contributed by atoms with Crippen LogP contribution in [0.2, 0.25) is 5.02 Å².